The molecule has 11 heteroatoms. The fourth-order valence-corrected chi connectivity index (χ4v) is 1.99. The maximum Gasteiger partial charge on any atom is 0.433 e. The van der Waals surface area contributed by atoms with Crippen LogP contribution >= 0.6 is 0 Å². The van der Waals surface area contributed by atoms with Gasteiger partial charge in [-0.05, 0) is 17.3 Å². The fourth-order valence-electron chi connectivity index (χ4n) is 1.99. The van der Waals surface area contributed by atoms with Crippen molar-refractivity contribution in [2.45, 2.75) is 12.7 Å². The zero-order chi connectivity index (χ0) is 18.6. The smallest absolute Gasteiger partial charge is 0.433 e. The Hall–Kier alpha value is -3.16. The van der Waals surface area contributed by atoms with E-state index in [4.69, 9.17) is 6.42 Å². The van der Waals surface area contributed by atoms with Crippen LogP contribution in [0.15, 0.2) is 12.1 Å². The van der Waals surface area contributed by atoms with Gasteiger partial charge in [0.1, 0.15) is 17.1 Å². The van der Waals surface area contributed by atoms with Crippen molar-refractivity contribution in [3.05, 3.63) is 29.2 Å². The Kier molecular flexibility index (Phi) is 5.21. The second-order valence-electron chi connectivity index (χ2n) is 4.81. The minimum atomic E-state index is -4.68. The average Bonchev–Trinajstić information content (AvgIpc) is 2.97. The van der Waals surface area contributed by atoms with Crippen molar-refractivity contribution in [3.63, 3.8) is 0 Å². The predicted octanol–water partition coefficient (Wildman–Crippen LogP) is 1.05. The number of tetrazole rings is 1. The highest BCUT2D eigenvalue weighted by Gasteiger charge is 2.34. The number of esters is 1. The molecule has 0 amide bonds. The monoisotopic (exact) mass is 354 g/mol. The maximum atomic E-state index is 13.0. The van der Waals surface area contributed by atoms with Gasteiger partial charge in [-0.1, -0.05) is 5.92 Å². The summed E-state index contributed by atoms with van der Waals surface area (Å²) in [5, 5.41) is 11.3. The van der Waals surface area contributed by atoms with Gasteiger partial charge >= 0.3 is 12.1 Å². The third-order valence-corrected chi connectivity index (χ3v) is 3.03. The minimum absolute atomic E-state index is 0.0870. The lowest BCUT2D eigenvalue weighted by molar-refractivity contribution is -0.141. The van der Waals surface area contributed by atoms with Gasteiger partial charge in [-0.3, -0.25) is 0 Å². The van der Waals surface area contributed by atoms with Gasteiger partial charge in [0.2, 0.25) is 0 Å². The maximum absolute atomic E-state index is 13.0. The van der Waals surface area contributed by atoms with E-state index in [2.05, 4.69) is 31.1 Å². The van der Waals surface area contributed by atoms with Crippen molar-refractivity contribution in [2.75, 3.05) is 18.6 Å². The van der Waals surface area contributed by atoms with E-state index in [0.29, 0.717) is 6.07 Å². The molecular formula is C14H13F3N6O2. The van der Waals surface area contributed by atoms with Gasteiger partial charge in [0.25, 0.3) is 0 Å². The van der Waals surface area contributed by atoms with Gasteiger partial charge in [0, 0.05) is 0 Å². The summed E-state index contributed by atoms with van der Waals surface area (Å²) in [6.07, 6.45) is 0.604. The number of pyridine rings is 1. The van der Waals surface area contributed by atoms with Crippen molar-refractivity contribution in [1.82, 2.24) is 25.2 Å². The molecule has 2 rings (SSSR count). The van der Waals surface area contributed by atoms with Crippen LogP contribution < -0.4 is 4.90 Å². The van der Waals surface area contributed by atoms with Crippen LogP contribution in [0.5, 0.6) is 0 Å². The first-order valence-electron chi connectivity index (χ1n) is 6.84. The predicted molar refractivity (Wildman–Crippen MR) is 79.3 cm³/mol. The Bertz CT molecular complexity index is 812. The number of aryl methyl sites for hydroxylation is 1. The van der Waals surface area contributed by atoms with Crippen molar-refractivity contribution in [1.29, 1.82) is 0 Å². The molecule has 0 aromatic carbocycles. The quantitative estimate of drug-likeness (QED) is 0.586. The first-order chi connectivity index (χ1) is 11.8. The molecule has 0 aliphatic carbocycles. The lowest BCUT2D eigenvalue weighted by Crippen LogP contribution is -2.28. The number of rotatable bonds is 5. The molecule has 0 spiro atoms. The molecule has 0 atom stereocenters. The number of ether oxygens (including phenoxy) is 1. The molecular weight excluding hydrogens is 341 g/mol. The number of nitrogens with zero attached hydrogens (tertiary/aromatic N) is 6. The van der Waals surface area contributed by atoms with Crippen molar-refractivity contribution in [2.24, 2.45) is 7.05 Å². The van der Waals surface area contributed by atoms with Crippen molar-refractivity contribution in [3.8, 4) is 12.3 Å². The highest BCUT2D eigenvalue weighted by Crippen LogP contribution is 2.31. The van der Waals surface area contributed by atoms with Crippen LogP contribution in [-0.4, -0.2) is 44.8 Å². The second kappa shape index (κ2) is 7.16. The lowest BCUT2D eigenvalue weighted by atomic mass is 10.2. The normalized spacial score (nSPS) is 11.0. The van der Waals surface area contributed by atoms with E-state index in [1.54, 1.807) is 0 Å². The van der Waals surface area contributed by atoms with Crippen LogP contribution in [0.4, 0.5) is 19.0 Å². The number of terminal acetylenes is 1. The number of aromatic nitrogens is 5. The van der Waals surface area contributed by atoms with Crippen molar-refractivity contribution < 1.29 is 22.7 Å². The van der Waals surface area contributed by atoms with Gasteiger partial charge in [-0.2, -0.15) is 18.0 Å². The summed E-state index contributed by atoms with van der Waals surface area (Å²) in [5.74, 6) is 1.39. The summed E-state index contributed by atoms with van der Waals surface area (Å²) in [6.45, 7) is -0.215. The zero-order valence-electron chi connectivity index (χ0n) is 13.3. The van der Waals surface area contributed by atoms with E-state index in [1.807, 2.05) is 0 Å². The van der Waals surface area contributed by atoms with Gasteiger partial charge in [-0.25, -0.2) is 9.78 Å². The SMILES string of the molecule is C#CCN(Cc1nnn(C)n1)c1nc(C(F)(F)F)ccc1C(=O)OC. The Morgan fingerprint density at radius 3 is 2.68 bits per heavy atom. The third-order valence-electron chi connectivity index (χ3n) is 3.03. The molecule has 25 heavy (non-hydrogen) atoms. The molecule has 0 aliphatic heterocycles. The molecule has 0 unspecified atom stereocenters. The van der Waals surface area contributed by atoms with E-state index < -0.39 is 17.8 Å². The van der Waals surface area contributed by atoms with Gasteiger partial charge in [0.05, 0.1) is 27.2 Å². The summed E-state index contributed by atoms with van der Waals surface area (Å²) >= 11 is 0. The van der Waals surface area contributed by atoms with Crippen LogP contribution in [0, 0.1) is 12.3 Å². The molecule has 0 aliphatic rings. The Balaban J connectivity index is 2.52. The summed E-state index contributed by atoms with van der Waals surface area (Å²) in [7, 11) is 2.64. The highest BCUT2D eigenvalue weighted by molar-refractivity contribution is 5.94. The highest BCUT2D eigenvalue weighted by atomic mass is 19.4. The minimum Gasteiger partial charge on any atom is -0.465 e. The summed E-state index contributed by atoms with van der Waals surface area (Å²) < 4.78 is 43.6. The molecule has 0 saturated carbocycles. The first kappa shape index (κ1) is 18.2. The zero-order valence-corrected chi connectivity index (χ0v) is 13.3. The van der Waals surface area contributed by atoms with E-state index in [-0.39, 0.29) is 30.3 Å². The average molecular weight is 354 g/mol. The number of halogens is 3. The number of carbonyl (C=O) groups is 1. The number of hydrogen-bond acceptors (Lipinski definition) is 7. The number of anilines is 1. The van der Waals surface area contributed by atoms with Crippen LogP contribution in [0.3, 0.4) is 0 Å². The number of methoxy groups -OCH3 is 1. The summed E-state index contributed by atoms with van der Waals surface area (Å²) in [6, 6.07) is 1.69. The standard InChI is InChI=1S/C14H13F3N6O2/c1-4-7-23(8-11-19-21-22(2)20-11)12-9(13(24)25-3)5-6-10(18-12)14(15,16)17/h1,5-6H,7-8H2,2-3H3. The molecule has 0 saturated heterocycles. The second-order valence-corrected chi connectivity index (χ2v) is 4.81. The first-order valence-corrected chi connectivity index (χ1v) is 6.84. The van der Waals surface area contributed by atoms with Gasteiger partial charge in [-0.15, -0.1) is 16.6 Å². The number of hydrogen-bond donors (Lipinski definition) is 0. The largest absolute Gasteiger partial charge is 0.465 e. The molecule has 0 bridgehead atoms. The molecule has 0 fully saturated rings. The van der Waals surface area contributed by atoms with E-state index in [9.17, 15) is 18.0 Å². The third kappa shape index (κ3) is 4.23. The van der Waals surface area contributed by atoms with Crippen LogP contribution in [0.25, 0.3) is 0 Å². The number of carbonyl (C=O) groups excluding carboxylic acids is 1. The lowest BCUT2D eigenvalue weighted by Gasteiger charge is -2.22. The number of alkyl halides is 3. The molecule has 132 valence electrons. The van der Waals surface area contributed by atoms with Crippen LogP contribution in [-0.2, 0) is 24.5 Å². The van der Waals surface area contributed by atoms with Crippen LogP contribution in [0.2, 0.25) is 0 Å². The summed E-state index contributed by atoms with van der Waals surface area (Å²) in [5.41, 5.74) is -1.32. The van der Waals surface area contributed by atoms with E-state index in [0.717, 1.165) is 13.2 Å². The fraction of sp³-hybridized carbons (Fsp3) is 0.357. The molecule has 2 aromatic rings. The molecule has 2 heterocycles. The topological polar surface area (TPSA) is 86.0 Å². The van der Waals surface area contributed by atoms with Crippen molar-refractivity contribution >= 4 is 11.8 Å². The van der Waals surface area contributed by atoms with E-state index in [1.165, 1.54) is 16.7 Å². The Morgan fingerprint density at radius 2 is 2.16 bits per heavy atom. The molecule has 8 nitrogen and oxygen atoms in total. The van der Waals surface area contributed by atoms with Gasteiger partial charge in [0.15, 0.2) is 5.82 Å². The molecule has 0 N–H and O–H groups in total. The van der Waals surface area contributed by atoms with Gasteiger partial charge < -0.3 is 9.64 Å². The Labute approximate surface area is 140 Å². The molecule has 2 aromatic heterocycles. The molecule has 0 radical (unpaired) electrons. The Morgan fingerprint density at radius 1 is 1.44 bits per heavy atom. The van der Waals surface area contributed by atoms with E-state index >= 15 is 0 Å². The van der Waals surface area contributed by atoms with Crippen LogP contribution in [0.1, 0.15) is 21.9 Å². The summed E-state index contributed by atoms with van der Waals surface area (Å²) in [4.78, 5) is 17.9.